The summed E-state index contributed by atoms with van der Waals surface area (Å²) in [5, 5.41) is 25.4. The molecule has 0 fully saturated rings. The highest BCUT2D eigenvalue weighted by Crippen LogP contribution is 2.48. The van der Waals surface area contributed by atoms with Crippen LogP contribution in [0.5, 0.6) is 0 Å². The molecule has 0 spiro atoms. The average molecular weight is 893 g/mol. The maximum atomic E-state index is 14.7. The summed E-state index contributed by atoms with van der Waals surface area (Å²) in [5.41, 5.74) is 7.62. The van der Waals surface area contributed by atoms with E-state index in [-0.39, 0.29) is 5.56 Å². The first-order chi connectivity index (χ1) is 32.8. The van der Waals surface area contributed by atoms with Crippen LogP contribution in [-0.4, -0.2) is 9.13 Å². The van der Waals surface area contributed by atoms with Gasteiger partial charge in [-0.2, -0.15) is 23.7 Å². The van der Waals surface area contributed by atoms with Crippen LogP contribution in [0.1, 0.15) is 29.2 Å². The minimum atomic E-state index is -4.59. The van der Waals surface area contributed by atoms with Crippen molar-refractivity contribution in [2.75, 3.05) is 0 Å². The van der Waals surface area contributed by atoms with E-state index in [4.69, 9.17) is 13.1 Å². The maximum Gasteiger partial charge on any atom is 0.416 e. The number of rotatable bonds is 5. The van der Waals surface area contributed by atoms with Gasteiger partial charge in [-0.1, -0.05) is 60.7 Å². The first-order valence-corrected chi connectivity index (χ1v) is 21.2. The minimum absolute atomic E-state index is 0.174. The number of hydrogen-bond donors (Lipinski definition) is 0. The molecule has 322 valence electrons. The Morgan fingerprint density at radius 1 is 0.426 bits per heavy atom. The number of nitriles is 2. The zero-order valence-corrected chi connectivity index (χ0v) is 35.6. The number of nitrogens with zero attached hydrogens (tertiary/aromatic N) is 6. The molecule has 0 saturated carbocycles. The van der Waals surface area contributed by atoms with Crippen LogP contribution in [0.3, 0.4) is 0 Å². The van der Waals surface area contributed by atoms with Gasteiger partial charge in [0.15, 0.2) is 11.4 Å². The van der Waals surface area contributed by atoms with E-state index in [1.165, 1.54) is 24.3 Å². The molecule has 2 heterocycles. The number of alkyl halides is 5. The topological polar surface area (TPSA) is 66.2 Å². The van der Waals surface area contributed by atoms with Crippen LogP contribution in [0.25, 0.3) is 108 Å². The highest BCUT2D eigenvalue weighted by Gasteiger charge is 2.31. The van der Waals surface area contributed by atoms with Crippen molar-refractivity contribution < 1.29 is 22.0 Å². The van der Waals surface area contributed by atoms with Gasteiger partial charge in [-0.15, -0.1) is 0 Å². The van der Waals surface area contributed by atoms with Gasteiger partial charge in [-0.25, -0.2) is 18.5 Å². The van der Waals surface area contributed by atoms with Crippen molar-refractivity contribution >= 4 is 76.5 Å². The summed E-state index contributed by atoms with van der Waals surface area (Å²) < 4.78 is 75.9. The van der Waals surface area contributed by atoms with Crippen LogP contribution in [0.4, 0.5) is 33.3 Å². The Kier molecular flexibility index (Phi) is 9.22. The van der Waals surface area contributed by atoms with Gasteiger partial charge in [-0.05, 0) is 152 Å². The Morgan fingerprint density at radius 3 is 1.18 bits per heavy atom. The van der Waals surface area contributed by atoms with Crippen molar-refractivity contribution in [3.8, 4) is 45.8 Å². The van der Waals surface area contributed by atoms with Gasteiger partial charge < -0.3 is 9.13 Å². The van der Waals surface area contributed by atoms with E-state index >= 15 is 0 Å². The van der Waals surface area contributed by atoms with Gasteiger partial charge in [0.25, 0.3) is 5.92 Å². The second kappa shape index (κ2) is 15.1. The second-order valence-corrected chi connectivity index (χ2v) is 16.7. The molecule has 0 N–H and O–H groups in total. The summed E-state index contributed by atoms with van der Waals surface area (Å²) in [6, 6.07) is 48.7. The molecule has 6 nitrogen and oxygen atoms in total. The summed E-state index contributed by atoms with van der Waals surface area (Å²) in [6.07, 6.45) is -4.59. The SMILES string of the molecule is [C-]#[N+]c1ccc2c(c1)c1cc(C#N)ccc1n2-c1ccc2c(-c3ccc(C(F)(F)F)cc3)c3cc(-n4c5ccc(C#N)cc5c5cc([N+]#[C-])ccc54)ccc3c(-c3ccc(C(C)(F)F)cc3)c2c1. The van der Waals surface area contributed by atoms with E-state index in [1.807, 2.05) is 69.8 Å². The first-order valence-electron chi connectivity index (χ1n) is 21.2. The predicted octanol–water partition coefficient (Wildman–Crippen LogP) is 16.5. The van der Waals surface area contributed by atoms with Gasteiger partial charge >= 0.3 is 6.18 Å². The average Bonchev–Trinajstić information content (AvgIpc) is 3.85. The molecule has 0 bridgehead atoms. The number of benzene rings is 9. The molecule has 11 heteroatoms. The summed E-state index contributed by atoms with van der Waals surface area (Å²) in [6.45, 7) is 16.3. The molecule has 11 aromatic rings. The molecule has 0 amide bonds. The van der Waals surface area contributed by atoms with Crippen molar-refractivity contribution in [2.24, 2.45) is 0 Å². The summed E-state index contributed by atoms with van der Waals surface area (Å²) >= 11 is 0. The largest absolute Gasteiger partial charge is 0.416 e. The Balaban J connectivity index is 1.27. The number of fused-ring (bicyclic) bond motifs is 8. The lowest BCUT2D eigenvalue weighted by molar-refractivity contribution is -0.137. The van der Waals surface area contributed by atoms with E-state index in [0.29, 0.717) is 77.7 Å². The van der Waals surface area contributed by atoms with Crippen molar-refractivity contribution in [3.63, 3.8) is 0 Å². The van der Waals surface area contributed by atoms with E-state index < -0.39 is 17.7 Å². The fourth-order valence-corrected chi connectivity index (χ4v) is 9.72. The smallest absolute Gasteiger partial charge is 0.309 e. The lowest BCUT2D eigenvalue weighted by Gasteiger charge is -2.21. The van der Waals surface area contributed by atoms with Crippen LogP contribution in [0.2, 0.25) is 0 Å². The lowest BCUT2D eigenvalue weighted by atomic mass is 9.85. The molecule has 9 aromatic carbocycles. The van der Waals surface area contributed by atoms with Gasteiger partial charge in [0.1, 0.15) is 0 Å². The Morgan fingerprint density at radius 2 is 0.809 bits per heavy atom. The minimum Gasteiger partial charge on any atom is -0.309 e. The molecule has 68 heavy (non-hydrogen) atoms. The summed E-state index contributed by atoms with van der Waals surface area (Å²) in [7, 11) is 0. The fraction of sp³-hybridized carbons (Fsp3) is 0.0526. The quantitative estimate of drug-likeness (QED) is 0.0981. The van der Waals surface area contributed by atoms with Gasteiger partial charge in [-0.3, -0.25) is 0 Å². The number of halogens is 5. The third-order valence-corrected chi connectivity index (χ3v) is 12.8. The zero-order valence-electron chi connectivity index (χ0n) is 35.6. The van der Waals surface area contributed by atoms with E-state index in [2.05, 4.69) is 21.8 Å². The van der Waals surface area contributed by atoms with Crippen LogP contribution in [-0.2, 0) is 12.1 Å². The van der Waals surface area contributed by atoms with Gasteiger partial charge in [0.05, 0.1) is 64.0 Å². The highest BCUT2D eigenvalue weighted by atomic mass is 19.4. The molecule has 11 rings (SSSR count). The van der Waals surface area contributed by atoms with E-state index in [9.17, 15) is 32.5 Å². The standard InChI is InChI=1S/C57H29F5N6/c1-56(58,59)36-10-6-34(7-11-36)54-42-18-16-41(68-51-21-5-33(31-64)25-45(51)47-27-39(66-3)15-23-53(47)68)29-49(42)55(35-8-12-37(13-9-35)57(60,61)62)43-19-17-40(28-48(43)54)67-50-20-4-32(30-63)24-44(50)46-26-38(65-2)14-22-52(46)67/h4-29H,1H3. The number of hydrogen-bond acceptors (Lipinski definition) is 2. The van der Waals surface area contributed by atoms with Crippen molar-refractivity contribution in [2.45, 2.75) is 19.0 Å². The van der Waals surface area contributed by atoms with Crippen LogP contribution >= 0.6 is 0 Å². The Hall–Kier alpha value is -9.29. The normalized spacial score (nSPS) is 11.9. The molecular weight excluding hydrogens is 864 g/mol. The van der Waals surface area contributed by atoms with E-state index in [0.717, 1.165) is 62.7 Å². The van der Waals surface area contributed by atoms with Gasteiger partial charge in [0, 0.05) is 34.6 Å². The molecular formula is C57H29F5N6. The molecule has 2 aromatic heterocycles. The monoisotopic (exact) mass is 892 g/mol. The number of aromatic nitrogens is 2. The Labute approximate surface area is 384 Å². The van der Waals surface area contributed by atoms with Crippen LogP contribution < -0.4 is 0 Å². The highest BCUT2D eigenvalue weighted by molar-refractivity contribution is 6.23. The lowest BCUT2D eigenvalue weighted by Crippen LogP contribution is -2.06. The predicted molar refractivity (Wildman–Crippen MR) is 258 cm³/mol. The second-order valence-electron chi connectivity index (χ2n) is 16.7. The van der Waals surface area contributed by atoms with Crippen molar-refractivity contribution in [3.05, 3.63) is 203 Å². The third-order valence-electron chi connectivity index (χ3n) is 12.8. The van der Waals surface area contributed by atoms with Crippen LogP contribution in [0.15, 0.2) is 158 Å². The molecule has 0 atom stereocenters. The summed E-state index contributed by atoms with van der Waals surface area (Å²) in [4.78, 5) is 7.31. The molecule has 0 aliphatic carbocycles. The zero-order chi connectivity index (χ0) is 47.2. The van der Waals surface area contributed by atoms with Gasteiger partial charge in [0.2, 0.25) is 0 Å². The van der Waals surface area contributed by atoms with Crippen molar-refractivity contribution in [1.29, 1.82) is 10.5 Å². The third kappa shape index (κ3) is 6.49. The summed E-state index contributed by atoms with van der Waals surface area (Å²) in [5.74, 6) is -3.11. The molecule has 0 unspecified atom stereocenters. The molecule has 0 aliphatic rings. The van der Waals surface area contributed by atoms with Crippen molar-refractivity contribution in [1.82, 2.24) is 9.13 Å². The molecule has 0 aliphatic heterocycles. The maximum absolute atomic E-state index is 14.7. The molecule has 0 radical (unpaired) electrons. The fourth-order valence-electron chi connectivity index (χ4n) is 9.72. The van der Waals surface area contributed by atoms with E-state index in [1.54, 1.807) is 60.7 Å². The van der Waals surface area contributed by atoms with Crippen LogP contribution in [0, 0.1) is 35.8 Å². The first kappa shape index (κ1) is 41.4. The molecule has 0 saturated heterocycles. The Bertz CT molecular complexity index is 3730.